The van der Waals surface area contributed by atoms with Crippen molar-refractivity contribution in [3.63, 3.8) is 0 Å². The van der Waals surface area contributed by atoms with Gasteiger partial charge in [-0.05, 0) is 44.0 Å². The van der Waals surface area contributed by atoms with Gasteiger partial charge in [0.05, 0.1) is 0 Å². The highest BCUT2D eigenvalue weighted by molar-refractivity contribution is 6.30. The van der Waals surface area contributed by atoms with Gasteiger partial charge in [0.15, 0.2) is 5.82 Å². The highest BCUT2D eigenvalue weighted by Gasteiger charge is 2.17. The normalized spacial score (nSPS) is 14.5. The fourth-order valence-electron chi connectivity index (χ4n) is 2.39. The van der Waals surface area contributed by atoms with Crippen molar-refractivity contribution < 1.29 is 0 Å². The second-order valence-electron chi connectivity index (χ2n) is 5.01. The van der Waals surface area contributed by atoms with Crippen LogP contribution in [0.4, 0.5) is 11.9 Å². The van der Waals surface area contributed by atoms with Crippen molar-refractivity contribution in [1.29, 1.82) is 0 Å². The summed E-state index contributed by atoms with van der Waals surface area (Å²) in [6, 6.07) is 7.56. The van der Waals surface area contributed by atoms with Gasteiger partial charge in [0.2, 0.25) is 11.9 Å². The maximum absolute atomic E-state index is 5.94. The van der Waals surface area contributed by atoms with Gasteiger partial charge in [0, 0.05) is 30.2 Å². The number of hydrogen-bond acceptors (Lipinski definition) is 5. The van der Waals surface area contributed by atoms with E-state index in [0.717, 1.165) is 31.1 Å². The number of benzene rings is 1. The van der Waals surface area contributed by atoms with Crippen LogP contribution in [0.15, 0.2) is 24.3 Å². The molecule has 0 spiro atoms. The maximum atomic E-state index is 5.94. The van der Waals surface area contributed by atoms with E-state index in [1.54, 1.807) is 0 Å². The highest BCUT2D eigenvalue weighted by Crippen LogP contribution is 2.23. The molecule has 6 heteroatoms. The lowest BCUT2D eigenvalue weighted by molar-refractivity contribution is 0.881. The van der Waals surface area contributed by atoms with Crippen LogP contribution in [0.1, 0.15) is 19.8 Å². The summed E-state index contributed by atoms with van der Waals surface area (Å²) in [4.78, 5) is 15.8. The zero-order valence-corrected chi connectivity index (χ0v) is 12.8. The number of hydrogen-bond donors (Lipinski definition) is 1. The second-order valence-corrected chi connectivity index (χ2v) is 5.45. The lowest BCUT2D eigenvalue weighted by atomic mass is 10.2. The van der Waals surface area contributed by atoms with E-state index >= 15 is 0 Å². The van der Waals surface area contributed by atoms with Gasteiger partial charge >= 0.3 is 0 Å². The van der Waals surface area contributed by atoms with Gasteiger partial charge in [0.25, 0.3) is 0 Å². The molecule has 3 rings (SSSR count). The lowest BCUT2D eigenvalue weighted by Crippen LogP contribution is -2.22. The molecule has 0 amide bonds. The SMILES string of the molecule is CCNc1nc(-c2ccc(Cl)cc2)nc(N2CCCC2)n1. The van der Waals surface area contributed by atoms with E-state index in [1.165, 1.54) is 12.8 Å². The average Bonchev–Trinajstić information content (AvgIpc) is 3.02. The Kier molecular flexibility index (Phi) is 4.20. The third-order valence-electron chi connectivity index (χ3n) is 3.45. The minimum absolute atomic E-state index is 0.624. The molecular weight excluding hydrogens is 286 g/mol. The largest absolute Gasteiger partial charge is 0.354 e. The summed E-state index contributed by atoms with van der Waals surface area (Å²) in [5.74, 6) is 2.06. The molecule has 1 N–H and O–H groups in total. The van der Waals surface area contributed by atoms with Crippen molar-refractivity contribution in [2.75, 3.05) is 29.9 Å². The molecule has 0 atom stereocenters. The molecule has 21 heavy (non-hydrogen) atoms. The van der Waals surface area contributed by atoms with Crippen LogP contribution in [0.3, 0.4) is 0 Å². The molecule has 1 saturated heterocycles. The van der Waals surface area contributed by atoms with Crippen molar-refractivity contribution in [3.05, 3.63) is 29.3 Å². The molecule has 0 saturated carbocycles. The topological polar surface area (TPSA) is 53.9 Å². The first-order valence-electron chi connectivity index (χ1n) is 7.27. The first-order chi connectivity index (χ1) is 10.3. The van der Waals surface area contributed by atoms with Crippen LogP contribution in [-0.2, 0) is 0 Å². The van der Waals surface area contributed by atoms with E-state index in [2.05, 4.69) is 25.2 Å². The number of anilines is 2. The third-order valence-corrected chi connectivity index (χ3v) is 3.70. The Morgan fingerprint density at radius 1 is 1.10 bits per heavy atom. The first-order valence-corrected chi connectivity index (χ1v) is 7.65. The van der Waals surface area contributed by atoms with E-state index in [9.17, 15) is 0 Å². The minimum atomic E-state index is 0.624. The summed E-state index contributed by atoms with van der Waals surface area (Å²) in [5.41, 5.74) is 0.946. The number of aromatic nitrogens is 3. The standard InChI is InChI=1S/C15H18ClN5/c1-2-17-14-18-13(11-5-7-12(16)8-6-11)19-15(20-14)21-9-3-4-10-21/h5-8H,2-4,9-10H2,1H3,(H,17,18,19,20). The Balaban J connectivity index is 1.99. The van der Waals surface area contributed by atoms with Crippen LogP contribution in [0.5, 0.6) is 0 Å². The number of nitrogens with zero attached hydrogens (tertiary/aromatic N) is 4. The summed E-state index contributed by atoms with van der Waals surface area (Å²) in [6.45, 7) is 4.83. The van der Waals surface area contributed by atoms with Crippen LogP contribution in [-0.4, -0.2) is 34.6 Å². The smallest absolute Gasteiger partial charge is 0.230 e. The van der Waals surface area contributed by atoms with Gasteiger partial charge < -0.3 is 10.2 Å². The molecule has 1 aliphatic heterocycles. The van der Waals surface area contributed by atoms with Crippen LogP contribution >= 0.6 is 11.6 Å². The van der Waals surface area contributed by atoms with Crippen molar-refractivity contribution in [3.8, 4) is 11.4 Å². The van der Waals surface area contributed by atoms with Crippen molar-refractivity contribution in [2.24, 2.45) is 0 Å². The van der Waals surface area contributed by atoms with Crippen molar-refractivity contribution >= 4 is 23.5 Å². The second kappa shape index (κ2) is 6.26. The monoisotopic (exact) mass is 303 g/mol. The highest BCUT2D eigenvalue weighted by atomic mass is 35.5. The number of rotatable bonds is 4. The minimum Gasteiger partial charge on any atom is -0.354 e. The predicted molar refractivity (Wildman–Crippen MR) is 85.9 cm³/mol. The molecule has 0 unspecified atom stereocenters. The third kappa shape index (κ3) is 3.24. The van der Waals surface area contributed by atoms with Crippen molar-refractivity contribution in [2.45, 2.75) is 19.8 Å². The number of halogens is 1. The van der Waals surface area contributed by atoms with Gasteiger partial charge in [-0.1, -0.05) is 11.6 Å². The van der Waals surface area contributed by atoms with E-state index < -0.39 is 0 Å². The zero-order chi connectivity index (χ0) is 14.7. The Labute approximate surface area is 129 Å². The molecular formula is C15H18ClN5. The Bertz CT molecular complexity index is 608. The van der Waals surface area contributed by atoms with Gasteiger partial charge in [-0.3, -0.25) is 0 Å². The van der Waals surface area contributed by atoms with E-state index in [-0.39, 0.29) is 0 Å². The van der Waals surface area contributed by atoms with Crippen LogP contribution in [0.2, 0.25) is 5.02 Å². The Morgan fingerprint density at radius 2 is 1.81 bits per heavy atom. The molecule has 2 heterocycles. The van der Waals surface area contributed by atoms with Crippen molar-refractivity contribution in [1.82, 2.24) is 15.0 Å². The van der Waals surface area contributed by atoms with Crippen LogP contribution < -0.4 is 10.2 Å². The maximum Gasteiger partial charge on any atom is 0.230 e. The van der Waals surface area contributed by atoms with E-state index in [0.29, 0.717) is 16.8 Å². The summed E-state index contributed by atoms with van der Waals surface area (Å²) < 4.78 is 0. The molecule has 2 aromatic rings. The molecule has 0 radical (unpaired) electrons. The van der Waals surface area contributed by atoms with E-state index in [1.807, 2.05) is 31.2 Å². The fraction of sp³-hybridized carbons (Fsp3) is 0.400. The molecule has 110 valence electrons. The molecule has 0 aliphatic carbocycles. The first kappa shape index (κ1) is 14.1. The summed E-state index contributed by atoms with van der Waals surface area (Å²) in [6.07, 6.45) is 2.39. The Morgan fingerprint density at radius 3 is 2.48 bits per heavy atom. The van der Waals surface area contributed by atoms with Gasteiger partial charge in [-0.2, -0.15) is 15.0 Å². The molecule has 1 fully saturated rings. The quantitative estimate of drug-likeness (QED) is 0.940. The van der Waals surface area contributed by atoms with E-state index in [4.69, 9.17) is 11.6 Å². The fourth-order valence-corrected chi connectivity index (χ4v) is 2.51. The predicted octanol–water partition coefficient (Wildman–Crippen LogP) is 3.22. The van der Waals surface area contributed by atoms with Crippen LogP contribution in [0.25, 0.3) is 11.4 Å². The van der Waals surface area contributed by atoms with Gasteiger partial charge in [-0.25, -0.2) is 0 Å². The zero-order valence-electron chi connectivity index (χ0n) is 12.0. The molecule has 1 aromatic carbocycles. The molecule has 5 nitrogen and oxygen atoms in total. The summed E-state index contributed by atoms with van der Waals surface area (Å²) in [7, 11) is 0. The van der Waals surface area contributed by atoms with Gasteiger partial charge in [-0.15, -0.1) is 0 Å². The Hall–Kier alpha value is -1.88. The molecule has 1 aliphatic rings. The summed E-state index contributed by atoms with van der Waals surface area (Å²) in [5, 5.41) is 3.89. The average molecular weight is 304 g/mol. The molecule has 1 aromatic heterocycles. The summed E-state index contributed by atoms with van der Waals surface area (Å²) >= 11 is 5.94. The number of nitrogens with one attached hydrogen (secondary N) is 1. The van der Waals surface area contributed by atoms with Gasteiger partial charge in [0.1, 0.15) is 0 Å². The van der Waals surface area contributed by atoms with Crippen LogP contribution in [0, 0.1) is 0 Å². The lowest BCUT2D eigenvalue weighted by Gasteiger charge is -2.16. The molecule has 0 bridgehead atoms.